The first-order valence-electron chi connectivity index (χ1n) is 6.00. The van der Waals surface area contributed by atoms with Gasteiger partial charge in [-0.3, -0.25) is 9.59 Å². The summed E-state index contributed by atoms with van der Waals surface area (Å²) < 4.78 is 10.5. The number of benzene rings is 2. The van der Waals surface area contributed by atoms with Crippen LogP contribution >= 0.6 is 0 Å². The van der Waals surface area contributed by atoms with Gasteiger partial charge in [0.1, 0.15) is 17.8 Å². The average molecular weight is 270 g/mol. The zero-order valence-electron chi connectivity index (χ0n) is 11.3. The minimum atomic E-state index is 0.488. The van der Waals surface area contributed by atoms with Crippen molar-refractivity contribution < 1.29 is 19.1 Å². The lowest BCUT2D eigenvalue weighted by Crippen LogP contribution is -1.95. The fraction of sp³-hybridized carbons (Fsp3) is 0.125. The minimum Gasteiger partial charge on any atom is -0.497 e. The van der Waals surface area contributed by atoms with Crippen LogP contribution in [0, 0.1) is 0 Å². The van der Waals surface area contributed by atoms with Crippen LogP contribution in [0.2, 0.25) is 0 Å². The van der Waals surface area contributed by atoms with Crippen LogP contribution in [0.25, 0.3) is 11.1 Å². The number of hydrogen-bond acceptors (Lipinski definition) is 4. The quantitative estimate of drug-likeness (QED) is 0.784. The van der Waals surface area contributed by atoms with Crippen LogP contribution in [0.4, 0.5) is 0 Å². The number of methoxy groups -OCH3 is 2. The van der Waals surface area contributed by atoms with Crippen molar-refractivity contribution in [2.45, 2.75) is 0 Å². The Bertz CT molecular complexity index is 647. The number of carbonyl (C=O) groups is 2. The number of ether oxygens (including phenoxy) is 2. The molecule has 0 aromatic heterocycles. The first-order chi connectivity index (χ1) is 9.73. The molecule has 0 atom stereocenters. The number of hydrogen-bond donors (Lipinski definition) is 0. The number of carbonyl (C=O) groups excluding carboxylic acids is 2. The lowest BCUT2D eigenvalue weighted by molar-refractivity contribution is 0.111. The van der Waals surface area contributed by atoms with Gasteiger partial charge in [-0.2, -0.15) is 0 Å². The molecule has 0 aliphatic heterocycles. The highest BCUT2D eigenvalue weighted by Crippen LogP contribution is 2.35. The Morgan fingerprint density at radius 1 is 0.850 bits per heavy atom. The molecule has 0 fully saturated rings. The van der Waals surface area contributed by atoms with Crippen LogP contribution in [0.5, 0.6) is 11.5 Å². The van der Waals surface area contributed by atoms with E-state index in [1.165, 1.54) is 0 Å². The Labute approximate surface area is 116 Å². The normalized spacial score (nSPS) is 9.90. The average Bonchev–Trinajstić information content (AvgIpc) is 2.53. The van der Waals surface area contributed by atoms with E-state index in [4.69, 9.17) is 9.47 Å². The van der Waals surface area contributed by atoms with E-state index in [1.807, 2.05) is 0 Å². The molecule has 4 heteroatoms. The second kappa shape index (κ2) is 6.02. The van der Waals surface area contributed by atoms with Crippen molar-refractivity contribution in [2.75, 3.05) is 14.2 Å². The molecular formula is C16H14O4. The third-order valence-corrected chi connectivity index (χ3v) is 3.04. The molecule has 0 saturated carbocycles. The van der Waals surface area contributed by atoms with Crippen molar-refractivity contribution >= 4 is 12.6 Å². The van der Waals surface area contributed by atoms with Crippen LogP contribution < -0.4 is 9.47 Å². The summed E-state index contributed by atoms with van der Waals surface area (Å²) in [5, 5.41) is 0. The van der Waals surface area contributed by atoms with Gasteiger partial charge in [0.15, 0.2) is 6.29 Å². The van der Waals surface area contributed by atoms with E-state index in [0.717, 1.165) is 12.6 Å². The highest BCUT2D eigenvalue weighted by molar-refractivity contribution is 5.92. The molecule has 0 heterocycles. The summed E-state index contributed by atoms with van der Waals surface area (Å²) in [5.74, 6) is 1.26. The Morgan fingerprint density at radius 3 is 2.25 bits per heavy atom. The van der Waals surface area contributed by atoms with Crippen LogP contribution in [-0.4, -0.2) is 26.8 Å². The van der Waals surface area contributed by atoms with Gasteiger partial charge in [-0.25, -0.2) is 0 Å². The molecule has 102 valence electrons. The molecular weight excluding hydrogens is 256 g/mol. The largest absolute Gasteiger partial charge is 0.497 e. The fourth-order valence-corrected chi connectivity index (χ4v) is 2.01. The molecule has 2 aromatic rings. The molecule has 0 amide bonds. The highest BCUT2D eigenvalue weighted by Gasteiger charge is 2.12. The van der Waals surface area contributed by atoms with E-state index in [-0.39, 0.29) is 0 Å². The smallest absolute Gasteiger partial charge is 0.150 e. The number of aldehydes is 2. The van der Waals surface area contributed by atoms with Crippen molar-refractivity contribution in [3.8, 4) is 22.6 Å². The molecule has 4 nitrogen and oxygen atoms in total. The van der Waals surface area contributed by atoms with Crippen molar-refractivity contribution in [3.05, 3.63) is 47.5 Å². The predicted molar refractivity (Wildman–Crippen MR) is 75.8 cm³/mol. The Morgan fingerprint density at radius 2 is 1.65 bits per heavy atom. The van der Waals surface area contributed by atoms with Gasteiger partial charge in [-0.05, 0) is 29.8 Å². The van der Waals surface area contributed by atoms with Gasteiger partial charge in [0.2, 0.25) is 0 Å². The second-order valence-electron chi connectivity index (χ2n) is 4.15. The highest BCUT2D eigenvalue weighted by atomic mass is 16.5. The van der Waals surface area contributed by atoms with Gasteiger partial charge >= 0.3 is 0 Å². The maximum Gasteiger partial charge on any atom is 0.150 e. The third-order valence-electron chi connectivity index (χ3n) is 3.04. The van der Waals surface area contributed by atoms with Gasteiger partial charge in [0, 0.05) is 16.7 Å². The lowest BCUT2D eigenvalue weighted by Gasteiger charge is -2.12. The molecule has 0 radical (unpaired) electrons. The Hall–Kier alpha value is -2.62. The maximum atomic E-state index is 11.2. The van der Waals surface area contributed by atoms with Crippen LogP contribution in [0.15, 0.2) is 36.4 Å². The van der Waals surface area contributed by atoms with E-state index in [0.29, 0.717) is 33.8 Å². The fourth-order valence-electron chi connectivity index (χ4n) is 2.01. The van der Waals surface area contributed by atoms with E-state index >= 15 is 0 Å². The molecule has 0 aliphatic rings. The van der Waals surface area contributed by atoms with Crippen LogP contribution in [0.1, 0.15) is 20.7 Å². The molecule has 0 unspecified atom stereocenters. The van der Waals surface area contributed by atoms with E-state index in [2.05, 4.69) is 0 Å². The van der Waals surface area contributed by atoms with Crippen molar-refractivity contribution in [2.24, 2.45) is 0 Å². The van der Waals surface area contributed by atoms with E-state index in [9.17, 15) is 9.59 Å². The summed E-state index contributed by atoms with van der Waals surface area (Å²) in [6.07, 6.45) is 1.49. The topological polar surface area (TPSA) is 52.6 Å². The summed E-state index contributed by atoms with van der Waals surface area (Å²) in [7, 11) is 3.11. The maximum absolute atomic E-state index is 11.2. The molecule has 2 rings (SSSR count). The monoisotopic (exact) mass is 270 g/mol. The summed E-state index contributed by atoms with van der Waals surface area (Å²) >= 11 is 0. The number of rotatable bonds is 5. The molecule has 20 heavy (non-hydrogen) atoms. The predicted octanol–water partition coefficient (Wildman–Crippen LogP) is 3.00. The second-order valence-corrected chi connectivity index (χ2v) is 4.15. The van der Waals surface area contributed by atoms with E-state index < -0.39 is 0 Å². The zero-order valence-corrected chi connectivity index (χ0v) is 11.3. The van der Waals surface area contributed by atoms with Crippen LogP contribution in [-0.2, 0) is 0 Å². The van der Waals surface area contributed by atoms with Crippen LogP contribution in [0.3, 0.4) is 0 Å². The van der Waals surface area contributed by atoms with Gasteiger partial charge in [0.05, 0.1) is 14.2 Å². The molecule has 0 aliphatic carbocycles. The molecule has 2 aromatic carbocycles. The van der Waals surface area contributed by atoms with Crippen molar-refractivity contribution in [1.29, 1.82) is 0 Å². The third kappa shape index (κ3) is 2.54. The summed E-state index contributed by atoms with van der Waals surface area (Å²) in [4.78, 5) is 22.1. The standard InChI is InChI=1S/C16H14O4/c1-19-13-5-6-16(20-2)15(8-13)14-7-11(9-17)3-4-12(14)10-18/h3-10H,1-2H3. The Balaban J connectivity index is 2.70. The molecule has 0 saturated heterocycles. The molecule has 0 bridgehead atoms. The summed E-state index contributed by atoms with van der Waals surface area (Å²) in [6, 6.07) is 10.2. The van der Waals surface area contributed by atoms with E-state index in [1.54, 1.807) is 50.6 Å². The lowest BCUT2D eigenvalue weighted by atomic mass is 9.97. The molecule has 0 spiro atoms. The first kappa shape index (κ1) is 13.8. The minimum absolute atomic E-state index is 0.488. The molecule has 0 N–H and O–H groups in total. The summed E-state index contributed by atoms with van der Waals surface area (Å²) in [5.41, 5.74) is 2.33. The van der Waals surface area contributed by atoms with Crippen molar-refractivity contribution in [1.82, 2.24) is 0 Å². The van der Waals surface area contributed by atoms with Crippen molar-refractivity contribution in [3.63, 3.8) is 0 Å². The van der Waals surface area contributed by atoms with Gasteiger partial charge in [-0.15, -0.1) is 0 Å². The zero-order chi connectivity index (χ0) is 14.5. The summed E-state index contributed by atoms with van der Waals surface area (Å²) in [6.45, 7) is 0. The first-order valence-corrected chi connectivity index (χ1v) is 6.00. The van der Waals surface area contributed by atoms with Gasteiger partial charge in [0.25, 0.3) is 0 Å². The Kier molecular flexibility index (Phi) is 4.15. The van der Waals surface area contributed by atoms with Gasteiger partial charge in [-0.1, -0.05) is 12.1 Å². The SMILES string of the molecule is COc1ccc(OC)c(-c2cc(C=O)ccc2C=O)c1. The van der Waals surface area contributed by atoms with Gasteiger partial charge < -0.3 is 9.47 Å².